The van der Waals surface area contributed by atoms with E-state index in [0.717, 1.165) is 4.91 Å². The molecule has 0 saturated heterocycles. The molecule has 0 aromatic rings. The van der Waals surface area contributed by atoms with E-state index in [9.17, 15) is 4.79 Å². The Hall–Kier alpha value is -0.500. The molecule has 1 nitrogen and oxygen atoms in total. The molecule has 2 heteroatoms. The molecule has 0 aliphatic carbocycles. The summed E-state index contributed by atoms with van der Waals surface area (Å²) in [7, 11) is 0. The third-order valence-electron chi connectivity index (χ3n) is 0.836. The van der Waals surface area contributed by atoms with Crippen LogP contribution in [0.2, 0.25) is 0 Å². The smallest absolute Gasteiger partial charge is 0.166 e. The van der Waals surface area contributed by atoms with E-state index < -0.39 is 0 Å². The van der Waals surface area contributed by atoms with Crippen LogP contribution in [0.4, 0.5) is 0 Å². The number of hydrogen-bond donors (Lipinski definition) is 0. The summed E-state index contributed by atoms with van der Waals surface area (Å²) in [6.07, 6.45) is 5.21. The minimum atomic E-state index is 0.0994. The van der Waals surface area contributed by atoms with Gasteiger partial charge in [0.2, 0.25) is 0 Å². The summed E-state index contributed by atoms with van der Waals surface area (Å²) in [6, 6.07) is 0. The maximum atomic E-state index is 10.6. The Balaban J connectivity index is 4.14. The molecular weight excluding hydrogens is 132 g/mol. The van der Waals surface area contributed by atoms with E-state index in [1.807, 2.05) is 6.26 Å². The summed E-state index contributed by atoms with van der Waals surface area (Å²) < 4.78 is 0. The van der Waals surface area contributed by atoms with Gasteiger partial charge in [-0.25, -0.2) is 0 Å². The van der Waals surface area contributed by atoms with Gasteiger partial charge < -0.3 is 0 Å². The zero-order valence-electron chi connectivity index (χ0n) is 5.68. The first-order chi connectivity index (χ1) is 4.22. The Morgan fingerprint density at radius 3 is 2.33 bits per heavy atom. The molecule has 0 atom stereocenters. The van der Waals surface area contributed by atoms with Gasteiger partial charge in [-0.1, -0.05) is 12.7 Å². The number of thioether (sulfide) groups is 1. The van der Waals surface area contributed by atoms with Crippen LogP contribution in [0.3, 0.4) is 0 Å². The molecule has 0 N–H and O–H groups in total. The lowest BCUT2D eigenvalue weighted by Gasteiger charge is -1.92. The normalized spacial score (nSPS) is 11.1. The van der Waals surface area contributed by atoms with Gasteiger partial charge in [0.1, 0.15) is 0 Å². The topological polar surface area (TPSA) is 17.1 Å². The fourth-order valence-corrected chi connectivity index (χ4v) is 0.956. The van der Waals surface area contributed by atoms with Crippen molar-refractivity contribution in [2.75, 3.05) is 6.26 Å². The zero-order chi connectivity index (χ0) is 7.28. The molecule has 0 unspecified atom stereocenters. The van der Waals surface area contributed by atoms with E-state index in [2.05, 4.69) is 6.58 Å². The van der Waals surface area contributed by atoms with Crippen molar-refractivity contribution in [3.63, 3.8) is 0 Å². The molecular formula is C7H10OS. The molecule has 0 heterocycles. The van der Waals surface area contributed by atoms with Crippen LogP contribution in [-0.2, 0) is 4.79 Å². The lowest BCUT2D eigenvalue weighted by Crippen LogP contribution is -1.89. The fraction of sp³-hybridized carbons (Fsp3) is 0.286. The summed E-state index contributed by atoms with van der Waals surface area (Å²) in [5, 5.41) is 0. The summed E-state index contributed by atoms with van der Waals surface area (Å²) in [5.74, 6) is 0.0994. The van der Waals surface area contributed by atoms with Crippen LogP contribution >= 0.6 is 11.8 Å². The molecule has 0 spiro atoms. The van der Waals surface area contributed by atoms with Gasteiger partial charge in [-0.05, 0) is 19.3 Å². The van der Waals surface area contributed by atoms with Gasteiger partial charge in [-0.2, -0.15) is 0 Å². The number of ketones is 1. The fourth-order valence-electron chi connectivity index (χ4n) is 0.436. The molecule has 0 aromatic heterocycles. The summed E-state index contributed by atoms with van der Waals surface area (Å²) in [4.78, 5) is 11.4. The van der Waals surface area contributed by atoms with Gasteiger partial charge >= 0.3 is 0 Å². The standard InChI is InChI=1S/C7H10OS/c1-4-5-7(9-3)6(2)8/h4-5H,1H2,2-3H3/b7-5+. The Morgan fingerprint density at radius 2 is 2.22 bits per heavy atom. The molecule has 0 amide bonds. The summed E-state index contributed by atoms with van der Waals surface area (Å²) >= 11 is 1.44. The van der Waals surface area contributed by atoms with Crippen LogP contribution in [0, 0.1) is 0 Å². The highest BCUT2D eigenvalue weighted by molar-refractivity contribution is 8.03. The second-order valence-corrected chi connectivity index (χ2v) is 2.38. The number of carbonyl (C=O) groups excluding carboxylic acids is 1. The third kappa shape index (κ3) is 3.14. The molecule has 50 valence electrons. The van der Waals surface area contributed by atoms with Gasteiger partial charge in [0, 0.05) is 4.91 Å². The third-order valence-corrected chi connectivity index (χ3v) is 1.70. The molecule has 0 rings (SSSR count). The van der Waals surface area contributed by atoms with Gasteiger partial charge in [0.05, 0.1) is 0 Å². The number of hydrogen-bond acceptors (Lipinski definition) is 2. The Labute approximate surface area is 59.8 Å². The van der Waals surface area contributed by atoms with E-state index in [-0.39, 0.29) is 5.78 Å². The molecule has 9 heavy (non-hydrogen) atoms. The molecule has 0 saturated carbocycles. The minimum absolute atomic E-state index is 0.0994. The molecule has 0 radical (unpaired) electrons. The first kappa shape index (κ1) is 8.50. The molecule has 0 fully saturated rings. The Kier molecular flexibility index (Phi) is 4.14. The molecule has 0 aliphatic rings. The number of carbonyl (C=O) groups is 1. The van der Waals surface area contributed by atoms with Crippen LogP contribution in [0.1, 0.15) is 6.92 Å². The highest BCUT2D eigenvalue weighted by Crippen LogP contribution is 2.11. The molecule has 0 aromatic carbocycles. The van der Waals surface area contributed by atoms with Crippen molar-refractivity contribution in [3.05, 3.63) is 23.6 Å². The van der Waals surface area contributed by atoms with Crippen LogP contribution in [0.25, 0.3) is 0 Å². The first-order valence-corrected chi connectivity index (χ1v) is 3.82. The lowest BCUT2D eigenvalue weighted by atomic mass is 10.4. The van der Waals surface area contributed by atoms with E-state index in [0.29, 0.717) is 0 Å². The van der Waals surface area contributed by atoms with Crippen LogP contribution in [0.15, 0.2) is 23.6 Å². The van der Waals surface area contributed by atoms with Gasteiger partial charge in [-0.15, -0.1) is 11.8 Å². The van der Waals surface area contributed by atoms with Crippen LogP contribution < -0.4 is 0 Å². The monoisotopic (exact) mass is 142 g/mol. The van der Waals surface area contributed by atoms with E-state index in [1.54, 1.807) is 19.1 Å². The highest BCUT2D eigenvalue weighted by Gasteiger charge is 1.97. The van der Waals surface area contributed by atoms with E-state index >= 15 is 0 Å². The number of allylic oxidation sites excluding steroid dienone is 3. The minimum Gasteiger partial charge on any atom is -0.294 e. The maximum absolute atomic E-state index is 10.6. The summed E-state index contributed by atoms with van der Waals surface area (Å²) in [6.45, 7) is 5.04. The van der Waals surface area contributed by atoms with Gasteiger partial charge in [0.15, 0.2) is 5.78 Å². The van der Waals surface area contributed by atoms with Crippen molar-refractivity contribution in [2.45, 2.75) is 6.92 Å². The largest absolute Gasteiger partial charge is 0.294 e. The number of rotatable bonds is 3. The van der Waals surface area contributed by atoms with E-state index in [4.69, 9.17) is 0 Å². The van der Waals surface area contributed by atoms with Crippen LogP contribution in [0.5, 0.6) is 0 Å². The average molecular weight is 142 g/mol. The van der Waals surface area contributed by atoms with Gasteiger partial charge in [-0.3, -0.25) is 4.79 Å². The second kappa shape index (κ2) is 4.39. The molecule has 0 bridgehead atoms. The van der Waals surface area contributed by atoms with Crippen molar-refractivity contribution < 1.29 is 4.79 Å². The lowest BCUT2D eigenvalue weighted by molar-refractivity contribution is -0.112. The second-order valence-electron chi connectivity index (χ2n) is 1.53. The zero-order valence-corrected chi connectivity index (χ0v) is 6.49. The van der Waals surface area contributed by atoms with Crippen LogP contribution in [-0.4, -0.2) is 12.0 Å². The quantitative estimate of drug-likeness (QED) is 0.443. The predicted molar refractivity (Wildman–Crippen MR) is 42.5 cm³/mol. The highest BCUT2D eigenvalue weighted by atomic mass is 32.2. The first-order valence-electron chi connectivity index (χ1n) is 2.60. The Bertz CT molecular complexity index is 147. The van der Waals surface area contributed by atoms with Crippen molar-refractivity contribution in [1.29, 1.82) is 0 Å². The number of Topliss-reactive ketones (excluding diaryl/α,β-unsaturated/α-hetero) is 1. The van der Waals surface area contributed by atoms with E-state index in [1.165, 1.54) is 11.8 Å². The predicted octanol–water partition coefficient (Wildman–Crippen LogP) is 2.01. The van der Waals surface area contributed by atoms with Crippen molar-refractivity contribution in [1.82, 2.24) is 0 Å². The Morgan fingerprint density at radius 1 is 1.67 bits per heavy atom. The van der Waals surface area contributed by atoms with Crippen molar-refractivity contribution >= 4 is 17.5 Å². The SMILES string of the molecule is C=C/C=C(/SC)C(C)=O. The van der Waals surface area contributed by atoms with Gasteiger partial charge in [0.25, 0.3) is 0 Å². The average Bonchev–Trinajstić information content (AvgIpc) is 1.82. The van der Waals surface area contributed by atoms with Crippen molar-refractivity contribution in [3.8, 4) is 0 Å². The summed E-state index contributed by atoms with van der Waals surface area (Å²) in [5.41, 5.74) is 0. The molecule has 0 aliphatic heterocycles. The maximum Gasteiger partial charge on any atom is 0.166 e. The van der Waals surface area contributed by atoms with Crippen molar-refractivity contribution in [2.24, 2.45) is 0 Å².